The number of fused-ring (bicyclic) bond motifs is 3. The summed E-state index contributed by atoms with van der Waals surface area (Å²) in [5.41, 5.74) is 10.4. The van der Waals surface area contributed by atoms with Gasteiger partial charge in [0, 0.05) is 0 Å². The molecule has 196 valence electrons. The molecule has 0 saturated carbocycles. The summed E-state index contributed by atoms with van der Waals surface area (Å²) >= 11 is -2.90. The Kier molecular flexibility index (Phi) is 9.16. The maximum Gasteiger partial charge on any atom is -1.00 e. The molecule has 0 spiro atoms. The van der Waals surface area contributed by atoms with Gasteiger partial charge in [-0.3, -0.25) is 0 Å². The van der Waals surface area contributed by atoms with Crippen molar-refractivity contribution in [2.45, 2.75) is 34.1 Å². The monoisotopic (exact) mass is 716 g/mol. The Balaban J connectivity index is 0.00000176. The third-order valence-electron chi connectivity index (χ3n) is 7.88. The van der Waals surface area contributed by atoms with Crippen LogP contribution in [0.1, 0.15) is 49.9 Å². The molecule has 1 atom stereocenters. The van der Waals surface area contributed by atoms with Crippen molar-refractivity contribution in [2.75, 3.05) is 0 Å². The molecule has 2 aliphatic carbocycles. The Bertz CT molecular complexity index is 1530. The van der Waals surface area contributed by atoms with E-state index in [4.69, 9.17) is 0 Å². The molecule has 0 N–H and O–H groups in total. The Morgan fingerprint density at radius 1 is 0.692 bits per heavy atom. The fourth-order valence-electron chi connectivity index (χ4n) is 5.96. The SMILES string of the molecule is CC1C=C(C(C)(C)C)C=[C]1[Hf+2](=[C](c1ccccc1)c1ccccc1)[c]1cccc2c1Cc1ccccc1-2.[Cl-].[Cl-]. The summed E-state index contributed by atoms with van der Waals surface area (Å²) in [4.78, 5) is 0. The van der Waals surface area contributed by atoms with Gasteiger partial charge in [-0.15, -0.1) is 0 Å². The standard InChI is InChI=1S/C13H9.C13H10.C10H15.2ClH.Hf/c1-3-7-12-10(5-1)9-11-6-2-4-8-13(11)12;1-3-7-12(8-4-1)11-13-9-5-2-6-10-13;1-8-5-6-9(7-8)10(2,3)4;;;/h1-5,7-8H,9H2;1-10H;6-8H,1-4H3;2*1H;/q;;;;;+2/p-2. The van der Waals surface area contributed by atoms with E-state index >= 15 is 0 Å². The molecule has 0 fully saturated rings. The summed E-state index contributed by atoms with van der Waals surface area (Å²) in [6.45, 7) is 9.49. The van der Waals surface area contributed by atoms with Crippen molar-refractivity contribution in [1.82, 2.24) is 0 Å². The van der Waals surface area contributed by atoms with Crippen molar-refractivity contribution < 1.29 is 45.8 Å². The van der Waals surface area contributed by atoms with Crippen LogP contribution in [0.15, 0.2) is 124 Å². The Morgan fingerprint density at radius 2 is 1.26 bits per heavy atom. The predicted molar refractivity (Wildman–Crippen MR) is 155 cm³/mol. The largest absolute Gasteiger partial charge is 1.00 e. The quantitative estimate of drug-likeness (QED) is 0.251. The molecule has 0 aliphatic heterocycles. The molecule has 2 aliphatic rings. The van der Waals surface area contributed by atoms with E-state index in [0.29, 0.717) is 5.92 Å². The van der Waals surface area contributed by atoms with Gasteiger partial charge in [0.25, 0.3) is 0 Å². The van der Waals surface area contributed by atoms with E-state index in [1.807, 2.05) is 0 Å². The van der Waals surface area contributed by atoms with Crippen molar-refractivity contribution in [3.8, 4) is 11.1 Å². The molecule has 1 unspecified atom stereocenters. The summed E-state index contributed by atoms with van der Waals surface area (Å²) in [5, 5.41) is 0. The minimum Gasteiger partial charge on any atom is -1.00 e. The van der Waals surface area contributed by atoms with E-state index in [9.17, 15) is 0 Å². The summed E-state index contributed by atoms with van der Waals surface area (Å²) < 4.78 is 4.97. The summed E-state index contributed by atoms with van der Waals surface area (Å²) in [6, 6.07) is 38.6. The van der Waals surface area contributed by atoms with E-state index < -0.39 is 21.0 Å². The molecule has 0 bridgehead atoms. The van der Waals surface area contributed by atoms with E-state index in [0.717, 1.165) is 6.42 Å². The molecule has 39 heavy (non-hydrogen) atoms. The zero-order valence-electron chi connectivity index (χ0n) is 23.0. The van der Waals surface area contributed by atoms with Gasteiger partial charge in [-0.2, -0.15) is 0 Å². The molecule has 0 aromatic heterocycles. The van der Waals surface area contributed by atoms with Crippen LogP contribution in [0.4, 0.5) is 0 Å². The van der Waals surface area contributed by atoms with Crippen molar-refractivity contribution in [3.63, 3.8) is 0 Å². The first kappa shape index (κ1) is 29.7. The van der Waals surface area contributed by atoms with E-state index in [1.165, 1.54) is 33.4 Å². The van der Waals surface area contributed by atoms with Crippen LogP contribution in [0.3, 0.4) is 0 Å². The average molecular weight is 716 g/mol. The van der Waals surface area contributed by atoms with E-state index in [-0.39, 0.29) is 30.2 Å². The normalized spacial score (nSPS) is 15.0. The number of rotatable bonds is 4. The summed E-state index contributed by atoms with van der Waals surface area (Å²) in [6.07, 6.45) is 6.21. The molecule has 0 amide bonds. The van der Waals surface area contributed by atoms with Gasteiger partial charge in [0.05, 0.1) is 0 Å². The minimum absolute atomic E-state index is 0. The molecule has 4 aromatic rings. The predicted octanol–water partition coefficient (Wildman–Crippen LogP) is 2.28. The van der Waals surface area contributed by atoms with Crippen molar-refractivity contribution >= 4 is 6.58 Å². The third kappa shape index (κ3) is 5.64. The fraction of sp³-hybridized carbons (Fsp3) is 0.194. The topological polar surface area (TPSA) is 0 Å². The van der Waals surface area contributed by atoms with Gasteiger partial charge < -0.3 is 24.8 Å². The van der Waals surface area contributed by atoms with Crippen LogP contribution in [0.25, 0.3) is 11.1 Å². The van der Waals surface area contributed by atoms with Crippen LogP contribution in [0.2, 0.25) is 0 Å². The van der Waals surface area contributed by atoms with Crippen LogP contribution in [0.5, 0.6) is 0 Å². The van der Waals surface area contributed by atoms with Gasteiger partial charge in [-0.05, 0) is 0 Å². The first-order valence-electron chi connectivity index (χ1n) is 13.4. The van der Waals surface area contributed by atoms with E-state index in [1.54, 1.807) is 15.5 Å². The summed E-state index contributed by atoms with van der Waals surface area (Å²) in [5.74, 6) is 0.471. The number of hydrogen-bond acceptors (Lipinski definition) is 0. The molecular weight excluding hydrogens is 682 g/mol. The molecule has 0 heterocycles. The van der Waals surface area contributed by atoms with Gasteiger partial charge in [-0.1, -0.05) is 0 Å². The van der Waals surface area contributed by atoms with Gasteiger partial charge in [0.1, 0.15) is 0 Å². The number of allylic oxidation sites excluding steroid dienone is 4. The van der Waals surface area contributed by atoms with Crippen LogP contribution < -0.4 is 28.1 Å². The number of benzene rings is 4. The number of hydrogen-bond donors (Lipinski definition) is 0. The van der Waals surface area contributed by atoms with Gasteiger partial charge in [0.2, 0.25) is 0 Å². The Morgan fingerprint density at radius 3 is 1.85 bits per heavy atom. The zero-order valence-corrected chi connectivity index (χ0v) is 28.1. The van der Waals surface area contributed by atoms with Gasteiger partial charge in [0.15, 0.2) is 0 Å². The van der Waals surface area contributed by atoms with Crippen molar-refractivity contribution in [1.29, 1.82) is 0 Å². The second-order valence-electron chi connectivity index (χ2n) is 11.4. The fourth-order valence-corrected chi connectivity index (χ4v) is 18.2. The van der Waals surface area contributed by atoms with Gasteiger partial charge in [-0.25, -0.2) is 0 Å². The number of halogens is 2. The molecule has 0 saturated heterocycles. The molecular formula is C36H34Cl2Hf. The Labute approximate surface area is 253 Å². The second kappa shape index (κ2) is 12.0. The third-order valence-corrected chi connectivity index (χ3v) is 19.6. The van der Waals surface area contributed by atoms with Crippen molar-refractivity contribution in [3.05, 3.63) is 146 Å². The average Bonchev–Trinajstić information content (AvgIpc) is 3.49. The molecule has 6 rings (SSSR count). The van der Waals surface area contributed by atoms with E-state index in [2.05, 4.69) is 143 Å². The van der Waals surface area contributed by atoms with Gasteiger partial charge >= 0.3 is 231 Å². The smallest absolute Gasteiger partial charge is 1.00 e. The summed E-state index contributed by atoms with van der Waals surface area (Å²) in [7, 11) is 0. The molecule has 4 aromatic carbocycles. The Hall–Kier alpha value is -2.32. The van der Waals surface area contributed by atoms with Crippen molar-refractivity contribution in [2.24, 2.45) is 11.3 Å². The van der Waals surface area contributed by atoms with Crippen LogP contribution in [0, 0.1) is 11.3 Å². The second-order valence-corrected chi connectivity index (χ2v) is 19.9. The molecule has 0 radical (unpaired) electrons. The zero-order chi connectivity index (χ0) is 25.6. The molecule has 0 nitrogen and oxygen atoms in total. The molecule has 3 heteroatoms. The van der Waals surface area contributed by atoms with Crippen LogP contribution in [-0.2, 0) is 27.4 Å². The first-order valence-corrected chi connectivity index (χ1v) is 18.8. The maximum atomic E-state index is 2.61. The minimum atomic E-state index is -2.90. The maximum absolute atomic E-state index is 2.90. The van der Waals surface area contributed by atoms with Crippen LogP contribution >= 0.6 is 0 Å². The first-order chi connectivity index (χ1) is 17.9. The van der Waals surface area contributed by atoms with Crippen LogP contribution in [-0.4, -0.2) is 3.26 Å².